The van der Waals surface area contributed by atoms with Gasteiger partial charge in [-0.05, 0) is 0 Å². The van der Waals surface area contributed by atoms with Gasteiger partial charge in [0.15, 0.2) is 0 Å². The van der Waals surface area contributed by atoms with Gasteiger partial charge in [-0.15, -0.1) is 0 Å². The summed E-state index contributed by atoms with van der Waals surface area (Å²) in [7, 11) is 6.29. The van der Waals surface area contributed by atoms with Crippen molar-refractivity contribution in [2.75, 3.05) is 14.1 Å². The molecule has 0 aliphatic rings. The molecule has 0 aliphatic carbocycles. The molecule has 0 aromatic carbocycles. The van der Waals surface area contributed by atoms with Gasteiger partial charge in [-0.2, -0.15) is 0 Å². The molecule has 0 fully saturated rings. The summed E-state index contributed by atoms with van der Waals surface area (Å²) < 4.78 is 5.08. The molecule has 0 saturated heterocycles. The Hall–Kier alpha value is -0.0313. The van der Waals surface area contributed by atoms with E-state index in [0.717, 1.165) is 6.54 Å². The molecule has 1 aromatic rings. The third kappa shape index (κ3) is 4.15. The monoisotopic (exact) mass is 315 g/mol. The Morgan fingerprint density at radius 3 is 2.80 bits per heavy atom. The Kier molecular flexibility index (Phi) is 5.67. The molecule has 0 saturated carbocycles. The number of nitrogens with zero attached hydrogens (tertiary/aromatic N) is 3. The zero-order valence-electron chi connectivity index (χ0n) is 10.2. The van der Waals surface area contributed by atoms with Crippen LogP contribution in [-0.4, -0.2) is 49.9 Å². The number of aryl methyl sites for hydroxylation is 1. The van der Waals surface area contributed by atoms with Crippen molar-refractivity contribution in [3.8, 4) is 0 Å². The van der Waals surface area contributed by atoms with Crippen LogP contribution in [0.2, 0.25) is 4.44 Å². The maximum atomic E-state index is 4.38. The minimum atomic E-state index is -0.365. The summed E-state index contributed by atoms with van der Waals surface area (Å²) in [6, 6.07) is 0. The van der Waals surface area contributed by atoms with Crippen LogP contribution in [-0.2, 0) is 13.6 Å². The van der Waals surface area contributed by atoms with Crippen molar-refractivity contribution in [2.45, 2.75) is 30.7 Å². The van der Waals surface area contributed by atoms with Gasteiger partial charge in [0.1, 0.15) is 0 Å². The van der Waals surface area contributed by atoms with Gasteiger partial charge in [-0.25, -0.2) is 0 Å². The molecule has 0 spiro atoms. The van der Waals surface area contributed by atoms with Crippen LogP contribution in [0.15, 0.2) is 6.20 Å². The molecule has 4 heteroatoms. The van der Waals surface area contributed by atoms with Gasteiger partial charge in [-0.3, -0.25) is 0 Å². The van der Waals surface area contributed by atoms with Crippen LogP contribution < -0.4 is 3.58 Å². The number of unbranched alkanes of at least 4 members (excludes halogenated alkanes) is 1. The first-order valence-corrected chi connectivity index (χ1v) is 8.99. The van der Waals surface area contributed by atoms with Crippen LogP contribution in [0.1, 0.15) is 25.5 Å². The molecule has 0 N–H and O–H groups in total. The van der Waals surface area contributed by atoms with E-state index in [1.165, 1.54) is 23.0 Å². The maximum absolute atomic E-state index is 4.38. The summed E-state index contributed by atoms with van der Waals surface area (Å²) in [5.41, 5.74) is 1.43. The van der Waals surface area contributed by atoms with Crippen molar-refractivity contribution in [1.82, 2.24) is 14.7 Å². The van der Waals surface area contributed by atoms with E-state index in [4.69, 9.17) is 0 Å². The summed E-state index contributed by atoms with van der Waals surface area (Å²) in [6.45, 7) is 3.29. The second-order valence-electron chi connectivity index (χ2n) is 4.15. The molecule has 0 bridgehead atoms. The summed E-state index contributed by atoms with van der Waals surface area (Å²) in [6.07, 6.45) is 4.81. The topological polar surface area (TPSA) is 21.1 Å². The molecule has 3 nitrogen and oxygen atoms in total. The van der Waals surface area contributed by atoms with Crippen molar-refractivity contribution >= 4 is 24.7 Å². The van der Waals surface area contributed by atoms with Crippen LogP contribution in [0.5, 0.6) is 0 Å². The summed E-state index contributed by atoms with van der Waals surface area (Å²) in [5.74, 6) is 0. The second-order valence-corrected chi connectivity index (χ2v) is 8.12. The Morgan fingerprint density at radius 1 is 1.47 bits per heavy atom. The molecule has 1 heterocycles. The molecule has 2 radical (unpaired) electrons. The minimum absolute atomic E-state index is 0.365. The third-order valence-corrected chi connectivity index (χ3v) is 6.38. The molecule has 1 rings (SSSR count). The van der Waals surface area contributed by atoms with Crippen molar-refractivity contribution in [1.29, 1.82) is 0 Å². The second kappa shape index (κ2) is 6.53. The van der Waals surface area contributed by atoms with Crippen molar-refractivity contribution in [3.05, 3.63) is 11.9 Å². The first kappa shape index (κ1) is 13.0. The molecule has 0 atom stereocenters. The normalized spacial score (nSPS) is 11.3. The zero-order valence-corrected chi connectivity index (χ0v) is 13.1. The van der Waals surface area contributed by atoms with E-state index in [2.05, 4.69) is 44.3 Å². The molecule has 15 heavy (non-hydrogen) atoms. The molecule has 0 amide bonds. The van der Waals surface area contributed by atoms with E-state index in [1.54, 1.807) is 3.58 Å². The number of aromatic nitrogens is 2. The molecular weight excluding hydrogens is 293 g/mol. The van der Waals surface area contributed by atoms with Gasteiger partial charge in [0.05, 0.1) is 0 Å². The SMILES string of the molecule is CCC[CH2][Sn][c]1cnn(C)c1CN(C)C. The van der Waals surface area contributed by atoms with Crippen molar-refractivity contribution in [2.24, 2.45) is 7.05 Å². The standard InChI is InChI=1S/C7H12N3.C4H9.Sn/c1-9(2)6-7-4-5-8-10(7)3;1-3-4-2;/h5H,6H2,1-3H3;1,3-4H2,2H3;. The molecule has 84 valence electrons. The Morgan fingerprint density at radius 2 is 2.20 bits per heavy atom. The van der Waals surface area contributed by atoms with Crippen molar-refractivity contribution < 1.29 is 0 Å². The van der Waals surface area contributed by atoms with Gasteiger partial charge >= 0.3 is 103 Å². The summed E-state index contributed by atoms with van der Waals surface area (Å²) in [5, 5.41) is 4.38. The predicted octanol–water partition coefficient (Wildman–Crippen LogP) is 1.03. The molecule has 0 unspecified atom stereocenters. The fraction of sp³-hybridized carbons (Fsp3) is 0.727. The van der Waals surface area contributed by atoms with E-state index in [-0.39, 0.29) is 21.1 Å². The van der Waals surface area contributed by atoms with E-state index in [1.807, 2.05) is 4.68 Å². The Balaban J connectivity index is 2.62. The number of rotatable bonds is 6. The Bertz CT molecular complexity index is 294. The molecular formula is C11H21N3Sn. The van der Waals surface area contributed by atoms with Crippen LogP contribution >= 0.6 is 0 Å². The van der Waals surface area contributed by atoms with Crippen LogP contribution in [0, 0.1) is 0 Å². The quantitative estimate of drug-likeness (QED) is 0.578. The van der Waals surface area contributed by atoms with Crippen molar-refractivity contribution in [3.63, 3.8) is 0 Å². The van der Waals surface area contributed by atoms with Gasteiger partial charge < -0.3 is 0 Å². The molecule has 0 aliphatic heterocycles. The first-order chi connectivity index (χ1) is 7.15. The average Bonchev–Trinajstić information content (AvgIpc) is 2.49. The van der Waals surface area contributed by atoms with Gasteiger partial charge in [-0.1, -0.05) is 0 Å². The van der Waals surface area contributed by atoms with E-state index >= 15 is 0 Å². The van der Waals surface area contributed by atoms with Crippen LogP contribution in [0.25, 0.3) is 0 Å². The van der Waals surface area contributed by atoms with Gasteiger partial charge in [0.2, 0.25) is 0 Å². The fourth-order valence-electron chi connectivity index (χ4n) is 1.50. The van der Waals surface area contributed by atoms with Gasteiger partial charge in [0, 0.05) is 0 Å². The first-order valence-electron chi connectivity index (χ1n) is 5.54. The van der Waals surface area contributed by atoms with E-state index < -0.39 is 0 Å². The summed E-state index contributed by atoms with van der Waals surface area (Å²) in [4.78, 5) is 2.22. The Labute approximate surface area is 103 Å². The molecule has 1 aromatic heterocycles. The van der Waals surface area contributed by atoms with E-state index in [9.17, 15) is 0 Å². The van der Waals surface area contributed by atoms with Crippen LogP contribution in [0.4, 0.5) is 0 Å². The summed E-state index contributed by atoms with van der Waals surface area (Å²) >= 11 is -0.365. The average molecular weight is 314 g/mol. The zero-order chi connectivity index (χ0) is 11.3. The van der Waals surface area contributed by atoms with Crippen LogP contribution in [0.3, 0.4) is 0 Å². The predicted molar refractivity (Wildman–Crippen MR) is 65.7 cm³/mol. The number of hydrogen-bond donors (Lipinski definition) is 0. The fourth-order valence-corrected chi connectivity index (χ4v) is 5.47. The van der Waals surface area contributed by atoms with E-state index in [0.29, 0.717) is 0 Å². The van der Waals surface area contributed by atoms with Gasteiger partial charge in [0.25, 0.3) is 0 Å². The number of hydrogen-bond acceptors (Lipinski definition) is 2. The third-order valence-electron chi connectivity index (χ3n) is 2.37.